The summed E-state index contributed by atoms with van der Waals surface area (Å²) in [5.74, 6) is 0.224. The van der Waals surface area contributed by atoms with E-state index >= 15 is 0 Å². The highest BCUT2D eigenvalue weighted by atomic mass is 19.1. The topological polar surface area (TPSA) is 61.6 Å². The number of benzene rings is 2. The van der Waals surface area contributed by atoms with Crippen molar-refractivity contribution in [1.82, 2.24) is 5.16 Å². The number of rotatable bonds is 6. The van der Waals surface area contributed by atoms with Crippen molar-refractivity contribution in [2.75, 3.05) is 7.11 Å². The van der Waals surface area contributed by atoms with Gasteiger partial charge in [0.05, 0.1) is 19.1 Å². The van der Waals surface area contributed by atoms with Crippen molar-refractivity contribution in [3.8, 4) is 17.1 Å². The van der Waals surface area contributed by atoms with Crippen LogP contribution in [0.5, 0.6) is 5.75 Å². The molecule has 25 heavy (non-hydrogen) atoms. The number of esters is 1. The molecule has 3 aromatic rings. The Morgan fingerprint density at radius 1 is 1.16 bits per heavy atom. The normalized spacial score (nSPS) is 10.5. The maximum atomic E-state index is 13.7. The van der Waals surface area contributed by atoms with E-state index in [0.29, 0.717) is 17.0 Å². The van der Waals surface area contributed by atoms with Crippen LogP contribution in [0, 0.1) is 5.82 Å². The van der Waals surface area contributed by atoms with E-state index in [1.54, 1.807) is 55.6 Å². The van der Waals surface area contributed by atoms with Gasteiger partial charge in [0, 0.05) is 6.07 Å². The predicted molar refractivity (Wildman–Crippen MR) is 88.4 cm³/mol. The fourth-order valence-corrected chi connectivity index (χ4v) is 2.28. The Hall–Kier alpha value is -3.15. The molecule has 0 aliphatic heterocycles. The van der Waals surface area contributed by atoms with Crippen LogP contribution >= 0.6 is 0 Å². The average molecular weight is 341 g/mol. The summed E-state index contributed by atoms with van der Waals surface area (Å²) in [4.78, 5) is 11.9. The summed E-state index contributed by atoms with van der Waals surface area (Å²) in [5, 5.41) is 3.80. The van der Waals surface area contributed by atoms with Crippen molar-refractivity contribution in [3.63, 3.8) is 0 Å². The largest absolute Gasteiger partial charge is 0.497 e. The predicted octanol–water partition coefficient (Wildman–Crippen LogP) is 3.78. The van der Waals surface area contributed by atoms with E-state index in [2.05, 4.69) is 5.16 Å². The lowest BCUT2D eigenvalue weighted by Crippen LogP contribution is -2.08. The lowest BCUT2D eigenvalue weighted by atomic mass is 10.1. The second-order valence-electron chi connectivity index (χ2n) is 5.35. The van der Waals surface area contributed by atoms with Crippen LogP contribution in [-0.4, -0.2) is 18.2 Å². The van der Waals surface area contributed by atoms with Gasteiger partial charge in [-0.3, -0.25) is 4.79 Å². The van der Waals surface area contributed by atoms with Crippen molar-refractivity contribution in [2.45, 2.75) is 13.0 Å². The maximum Gasteiger partial charge on any atom is 0.310 e. The van der Waals surface area contributed by atoms with Gasteiger partial charge in [0.1, 0.15) is 23.9 Å². The summed E-state index contributed by atoms with van der Waals surface area (Å²) in [6.45, 7) is -0.0348. The number of aromatic nitrogens is 1. The van der Waals surface area contributed by atoms with Crippen LogP contribution in [0.4, 0.5) is 4.39 Å². The lowest BCUT2D eigenvalue weighted by molar-refractivity contribution is -0.144. The van der Waals surface area contributed by atoms with Gasteiger partial charge in [0.25, 0.3) is 0 Å². The van der Waals surface area contributed by atoms with E-state index in [9.17, 15) is 9.18 Å². The summed E-state index contributed by atoms with van der Waals surface area (Å²) in [6, 6.07) is 14.9. The van der Waals surface area contributed by atoms with Crippen molar-refractivity contribution >= 4 is 5.97 Å². The summed E-state index contributed by atoms with van der Waals surface area (Å²) in [6.07, 6.45) is 0.141. The fourth-order valence-electron chi connectivity index (χ4n) is 2.28. The molecule has 2 aromatic carbocycles. The minimum absolute atomic E-state index is 0.0348. The zero-order valence-corrected chi connectivity index (χ0v) is 13.6. The Bertz CT molecular complexity index is 858. The molecule has 0 amide bonds. The zero-order chi connectivity index (χ0) is 17.6. The highest BCUT2D eigenvalue weighted by Gasteiger charge is 2.12. The van der Waals surface area contributed by atoms with Crippen LogP contribution in [0.25, 0.3) is 11.3 Å². The number of carbonyl (C=O) groups is 1. The second kappa shape index (κ2) is 7.61. The number of nitrogens with zero attached hydrogens (tertiary/aromatic N) is 1. The summed E-state index contributed by atoms with van der Waals surface area (Å²) in [7, 11) is 1.58. The zero-order valence-electron chi connectivity index (χ0n) is 13.6. The number of methoxy groups -OCH3 is 1. The van der Waals surface area contributed by atoms with Gasteiger partial charge in [-0.25, -0.2) is 4.39 Å². The Kier molecular flexibility index (Phi) is 5.09. The van der Waals surface area contributed by atoms with E-state index in [4.69, 9.17) is 14.0 Å². The molecule has 6 heteroatoms. The fraction of sp³-hybridized carbons (Fsp3) is 0.158. The standard InChI is InChI=1S/C19H16FNO4/c1-23-15-8-6-13(7-9-15)10-19(22)24-12-14-11-18(25-21-14)16-4-2-3-5-17(16)20/h2-9,11H,10,12H2,1H3. The van der Waals surface area contributed by atoms with Gasteiger partial charge >= 0.3 is 5.97 Å². The maximum absolute atomic E-state index is 13.7. The second-order valence-corrected chi connectivity index (χ2v) is 5.35. The van der Waals surface area contributed by atoms with E-state index in [-0.39, 0.29) is 19.0 Å². The molecule has 128 valence electrons. The first-order chi connectivity index (χ1) is 12.2. The molecule has 1 aromatic heterocycles. The first kappa shape index (κ1) is 16.7. The van der Waals surface area contributed by atoms with E-state index < -0.39 is 5.82 Å². The molecule has 0 aliphatic rings. The molecule has 0 unspecified atom stereocenters. The molecule has 0 aliphatic carbocycles. The van der Waals surface area contributed by atoms with Crippen LogP contribution in [0.2, 0.25) is 0 Å². The number of halogens is 1. The SMILES string of the molecule is COc1ccc(CC(=O)OCc2cc(-c3ccccc3F)on2)cc1. The van der Waals surface area contributed by atoms with Crippen LogP contribution in [-0.2, 0) is 22.6 Å². The summed E-state index contributed by atoms with van der Waals surface area (Å²) < 4.78 is 29.1. The van der Waals surface area contributed by atoms with E-state index in [1.807, 2.05) is 0 Å². The molecule has 0 N–H and O–H groups in total. The van der Waals surface area contributed by atoms with Gasteiger partial charge in [0.2, 0.25) is 0 Å². The van der Waals surface area contributed by atoms with Crippen LogP contribution < -0.4 is 4.74 Å². The number of carbonyl (C=O) groups excluding carboxylic acids is 1. The van der Waals surface area contributed by atoms with Gasteiger partial charge in [0.15, 0.2) is 5.76 Å². The minimum atomic E-state index is -0.401. The summed E-state index contributed by atoms with van der Waals surface area (Å²) in [5.41, 5.74) is 1.55. The minimum Gasteiger partial charge on any atom is -0.497 e. The summed E-state index contributed by atoms with van der Waals surface area (Å²) >= 11 is 0. The monoisotopic (exact) mass is 341 g/mol. The van der Waals surface area contributed by atoms with Gasteiger partial charge in [-0.15, -0.1) is 0 Å². The molecule has 1 heterocycles. The number of hydrogen-bond donors (Lipinski definition) is 0. The van der Waals surface area contributed by atoms with Gasteiger partial charge in [-0.1, -0.05) is 29.4 Å². The Labute approximate surface area is 144 Å². The molecule has 0 spiro atoms. The smallest absolute Gasteiger partial charge is 0.310 e. The number of hydrogen-bond acceptors (Lipinski definition) is 5. The lowest BCUT2D eigenvalue weighted by Gasteiger charge is -2.04. The third kappa shape index (κ3) is 4.23. The Morgan fingerprint density at radius 3 is 2.64 bits per heavy atom. The number of ether oxygens (including phenoxy) is 2. The van der Waals surface area contributed by atoms with Crippen molar-refractivity contribution < 1.29 is 23.2 Å². The Morgan fingerprint density at radius 2 is 1.92 bits per heavy atom. The Balaban J connectivity index is 1.56. The van der Waals surface area contributed by atoms with E-state index in [0.717, 1.165) is 11.3 Å². The first-order valence-electron chi connectivity index (χ1n) is 7.65. The first-order valence-corrected chi connectivity index (χ1v) is 7.65. The molecule has 0 bridgehead atoms. The van der Waals surface area contributed by atoms with Crippen LogP contribution in [0.3, 0.4) is 0 Å². The van der Waals surface area contributed by atoms with Gasteiger partial charge in [-0.05, 0) is 29.8 Å². The van der Waals surface area contributed by atoms with Crippen LogP contribution in [0.1, 0.15) is 11.3 Å². The molecule has 0 radical (unpaired) electrons. The quantitative estimate of drug-likeness (QED) is 0.639. The van der Waals surface area contributed by atoms with Crippen LogP contribution in [0.15, 0.2) is 59.1 Å². The van der Waals surface area contributed by atoms with Crippen molar-refractivity contribution in [2.24, 2.45) is 0 Å². The highest BCUT2D eigenvalue weighted by molar-refractivity contribution is 5.72. The molecule has 0 saturated carbocycles. The third-order valence-corrected chi connectivity index (χ3v) is 3.59. The van der Waals surface area contributed by atoms with Crippen molar-refractivity contribution in [1.29, 1.82) is 0 Å². The molecular formula is C19H16FNO4. The molecule has 0 saturated heterocycles. The highest BCUT2D eigenvalue weighted by Crippen LogP contribution is 2.23. The molecule has 0 fully saturated rings. The van der Waals surface area contributed by atoms with Gasteiger partial charge < -0.3 is 14.0 Å². The molecule has 0 atom stereocenters. The average Bonchev–Trinajstić information content (AvgIpc) is 3.10. The molecule has 3 rings (SSSR count). The van der Waals surface area contributed by atoms with Gasteiger partial charge in [-0.2, -0.15) is 0 Å². The van der Waals surface area contributed by atoms with Crippen molar-refractivity contribution in [3.05, 3.63) is 71.7 Å². The van der Waals surface area contributed by atoms with E-state index in [1.165, 1.54) is 6.07 Å². The molecular weight excluding hydrogens is 325 g/mol. The third-order valence-electron chi connectivity index (χ3n) is 3.59. The molecule has 5 nitrogen and oxygen atoms in total.